The standard InChI is InChI=1S/C17H23NO2/c1-17(2)13-7-6-12(15(17)10-13)9-16(19)20-11-14-5-3-4-8-18-14/h3-5,8,12-13,15H,6-7,9-11H2,1-2H3. The molecule has 3 heteroatoms. The second-order valence-electron chi connectivity index (χ2n) is 6.88. The molecule has 3 saturated carbocycles. The molecule has 3 atom stereocenters. The smallest absolute Gasteiger partial charge is 0.306 e. The Morgan fingerprint density at radius 3 is 2.90 bits per heavy atom. The summed E-state index contributed by atoms with van der Waals surface area (Å²) in [6.45, 7) is 5.01. The summed E-state index contributed by atoms with van der Waals surface area (Å²) in [6, 6.07) is 5.66. The minimum atomic E-state index is -0.0678. The molecule has 1 aromatic rings. The molecule has 3 fully saturated rings. The van der Waals surface area contributed by atoms with Gasteiger partial charge in [0.1, 0.15) is 6.61 Å². The summed E-state index contributed by atoms with van der Waals surface area (Å²) in [5, 5.41) is 0. The largest absolute Gasteiger partial charge is 0.459 e. The Balaban J connectivity index is 1.50. The van der Waals surface area contributed by atoms with Crippen molar-refractivity contribution in [1.82, 2.24) is 4.98 Å². The summed E-state index contributed by atoms with van der Waals surface area (Å²) in [7, 11) is 0. The first-order chi connectivity index (χ1) is 9.57. The zero-order chi connectivity index (χ0) is 14.2. The first-order valence-corrected chi connectivity index (χ1v) is 7.63. The third-order valence-corrected chi connectivity index (χ3v) is 5.54. The molecular formula is C17H23NO2. The molecule has 4 rings (SSSR count). The van der Waals surface area contributed by atoms with Crippen molar-refractivity contribution in [1.29, 1.82) is 0 Å². The van der Waals surface area contributed by atoms with Crippen LogP contribution in [0.25, 0.3) is 0 Å². The van der Waals surface area contributed by atoms with Gasteiger partial charge in [0.25, 0.3) is 0 Å². The first kappa shape index (κ1) is 13.6. The van der Waals surface area contributed by atoms with E-state index in [-0.39, 0.29) is 5.97 Å². The van der Waals surface area contributed by atoms with Crippen LogP contribution in [-0.4, -0.2) is 11.0 Å². The lowest BCUT2D eigenvalue weighted by atomic mass is 9.45. The van der Waals surface area contributed by atoms with Crippen LogP contribution in [0.4, 0.5) is 0 Å². The lowest BCUT2D eigenvalue weighted by Crippen LogP contribution is -2.52. The number of pyridine rings is 1. The lowest BCUT2D eigenvalue weighted by Gasteiger charge is -2.60. The summed E-state index contributed by atoms with van der Waals surface area (Å²) in [6.07, 6.45) is 6.08. The Morgan fingerprint density at radius 2 is 2.25 bits per heavy atom. The van der Waals surface area contributed by atoms with Gasteiger partial charge in [-0.1, -0.05) is 19.9 Å². The van der Waals surface area contributed by atoms with Crippen molar-refractivity contribution in [3.05, 3.63) is 30.1 Å². The van der Waals surface area contributed by atoms with Gasteiger partial charge in [-0.3, -0.25) is 9.78 Å². The van der Waals surface area contributed by atoms with E-state index in [1.54, 1.807) is 6.20 Å². The fourth-order valence-corrected chi connectivity index (χ4v) is 4.12. The number of esters is 1. The zero-order valence-electron chi connectivity index (χ0n) is 12.3. The van der Waals surface area contributed by atoms with Crippen molar-refractivity contribution in [3.63, 3.8) is 0 Å². The van der Waals surface area contributed by atoms with Crippen molar-refractivity contribution in [3.8, 4) is 0 Å². The summed E-state index contributed by atoms with van der Waals surface area (Å²) in [5.41, 5.74) is 1.25. The Bertz CT molecular complexity index is 481. The first-order valence-electron chi connectivity index (χ1n) is 7.63. The monoisotopic (exact) mass is 273 g/mol. The highest BCUT2D eigenvalue weighted by Gasteiger charge is 2.54. The highest BCUT2D eigenvalue weighted by molar-refractivity contribution is 5.69. The average molecular weight is 273 g/mol. The number of nitrogens with zero attached hydrogens (tertiary/aromatic N) is 1. The van der Waals surface area contributed by atoms with Crippen molar-refractivity contribution in [2.75, 3.05) is 0 Å². The molecule has 0 aromatic carbocycles. The van der Waals surface area contributed by atoms with Gasteiger partial charge < -0.3 is 4.74 Å². The number of hydrogen-bond acceptors (Lipinski definition) is 3. The van der Waals surface area contributed by atoms with E-state index in [9.17, 15) is 4.79 Å². The van der Waals surface area contributed by atoms with E-state index in [0.29, 0.717) is 30.3 Å². The number of carbonyl (C=O) groups is 1. The van der Waals surface area contributed by atoms with Gasteiger partial charge in [0.05, 0.1) is 5.69 Å². The van der Waals surface area contributed by atoms with E-state index >= 15 is 0 Å². The van der Waals surface area contributed by atoms with Gasteiger partial charge in [-0.2, -0.15) is 0 Å². The van der Waals surface area contributed by atoms with Gasteiger partial charge in [-0.25, -0.2) is 0 Å². The number of ether oxygens (including phenoxy) is 1. The highest BCUT2D eigenvalue weighted by atomic mass is 16.5. The summed E-state index contributed by atoms with van der Waals surface area (Å²) >= 11 is 0. The van der Waals surface area contributed by atoms with Crippen LogP contribution in [0.1, 0.15) is 45.2 Å². The molecule has 0 spiro atoms. The molecule has 108 valence electrons. The van der Waals surface area contributed by atoms with Crippen molar-refractivity contribution in [2.45, 2.75) is 46.1 Å². The topological polar surface area (TPSA) is 39.2 Å². The lowest BCUT2D eigenvalue weighted by molar-refractivity contribution is -0.154. The molecule has 0 N–H and O–H groups in total. The number of aromatic nitrogens is 1. The van der Waals surface area contributed by atoms with Crippen LogP contribution in [0, 0.1) is 23.2 Å². The molecule has 20 heavy (non-hydrogen) atoms. The van der Waals surface area contributed by atoms with Crippen molar-refractivity contribution in [2.24, 2.45) is 23.2 Å². The van der Waals surface area contributed by atoms with Gasteiger partial charge in [0.2, 0.25) is 0 Å². The molecule has 3 aliphatic carbocycles. The van der Waals surface area contributed by atoms with Crippen LogP contribution in [0.15, 0.2) is 24.4 Å². The fourth-order valence-electron chi connectivity index (χ4n) is 4.12. The van der Waals surface area contributed by atoms with Crippen LogP contribution < -0.4 is 0 Å². The van der Waals surface area contributed by atoms with Crippen LogP contribution in [-0.2, 0) is 16.1 Å². The molecule has 0 radical (unpaired) electrons. The van der Waals surface area contributed by atoms with Gasteiger partial charge in [-0.05, 0) is 54.6 Å². The van der Waals surface area contributed by atoms with Crippen molar-refractivity contribution < 1.29 is 9.53 Å². The third kappa shape index (κ3) is 2.46. The normalized spacial score (nSPS) is 30.4. The predicted octanol–water partition coefficient (Wildman–Crippen LogP) is 3.59. The minimum Gasteiger partial charge on any atom is -0.459 e. The number of carbonyl (C=O) groups excluding carboxylic acids is 1. The van der Waals surface area contributed by atoms with E-state index in [2.05, 4.69) is 18.8 Å². The number of fused-ring (bicyclic) bond motifs is 2. The summed E-state index contributed by atoms with van der Waals surface area (Å²) in [4.78, 5) is 16.2. The van der Waals surface area contributed by atoms with Crippen LogP contribution in [0.5, 0.6) is 0 Å². The Labute approximate surface area is 120 Å². The molecule has 2 bridgehead atoms. The van der Waals surface area contributed by atoms with Crippen LogP contribution >= 0.6 is 0 Å². The zero-order valence-corrected chi connectivity index (χ0v) is 12.3. The van der Waals surface area contributed by atoms with E-state index in [4.69, 9.17) is 4.74 Å². The third-order valence-electron chi connectivity index (χ3n) is 5.54. The fraction of sp³-hybridized carbons (Fsp3) is 0.647. The molecule has 0 saturated heterocycles. The van der Waals surface area contributed by atoms with Crippen LogP contribution in [0.3, 0.4) is 0 Å². The second kappa shape index (κ2) is 5.19. The van der Waals surface area contributed by atoms with E-state index in [1.807, 2.05) is 18.2 Å². The number of hydrogen-bond donors (Lipinski definition) is 0. The Hall–Kier alpha value is -1.38. The predicted molar refractivity (Wildman–Crippen MR) is 76.8 cm³/mol. The molecule has 1 aromatic heterocycles. The maximum atomic E-state index is 12.0. The molecular weight excluding hydrogens is 250 g/mol. The van der Waals surface area contributed by atoms with E-state index in [0.717, 1.165) is 11.6 Å². The molecule has 0 aliphatic heterocycles. The molecule has 0 amide bonds. The quantitative estimate of drug-likeness (QED) is 0.787. The minimum absolute atomic E-state index is 0.0678. The van der Waals surface area contributed by atoms with Gasteiger partial charge in [0, 0.05) is 12.6 Å². The summed E-state index contributed by atoms with van der Waals surface area (Å²) in [5.74, 6) is 2.05. The SMILES string of the molecule is CC1(C)C2CCC(CC(=O)OCc3ccccn3)C1C2. The molecule has 3 nitrogen and oxygen atoms in total. The van der Waals surface area contributed by atoms with Crippen LogP contribution in [0.2, 0.25) is 0 Å². The molecule has 3 aliphatic rings. The van der Waals surface area contributed by atoms with Gasteiger partial charge >= 0.3 is 5.97 Å². The maximum Gasteiger partial charge on any atom is 0.306 e. The average Bonchev–Trinajstić information content (AvgIpc) is 2.46. The highest BCUT2D eigenvalue weighted by Crippen LogP contribution is 2.61. The van der Waals surface area contributed by atoms with Crippen molar-refractivity contribution >= 4 is 5.97 Å². The van der Waals surface area contributed by atoms with Gasteiger partial charge in [0.15, 0.2) is 0 Å². The summed E-state index contributed by atoms with van der Waals surface area (Å²) < 4.78 is 5.36. The van der Waals surface area contributed by atoms with E-state index < -0.39 is 0 Å². The number of rotatable bonds is 4. The molecule has 3 unspecified atom stereocenters. The van der Waals surface area contributed by atoms with E-state index in [1.165, 1.54) is 19.3 Å². The Morgan fingerprint density at radius 1 is 1.40 bits per heavy atom. The second-order valence-corrected chi connectivity index (χ2v) is 6.88. The molecule has 1 heterocycles. The van der Waals surface area contributed by atoms with Gasteiger partial charge in [-0.15, -0.1) is 0 Å². The maximum absolute atomic E-state index is 12.0. The Kier molecular flexibility index (Phi) is 3.53.